The molecule has 2 fully saturated rings. The monoisotopic (exact) mass is 479 g/mol. The Bertz CT molecular complexity index is 1010. The van der Waals surface area contributed by atoms with Gasteiger partial charge < -0.3 is 14.4 Å². The lowest BCUT2D eigenvalue weighted by atomic mass is 9.85. The minimum atomic E-state index is -0.747. The second-order valence-electron chi connectivity index (χ2n) is 9.69. The predicted octanol–water partition coefficient (Wildman–Crippen LogP) is 4.34. The summed E-state index contributed by atoms with van der Waals surface area (Å²) in [7, 11) is 1.65. The Labute approximate surface area is 208 Å². The van der Waals surface area contributed by atoms with Gasteiger partial charge in [0.25, 0.3) is 5.91 Å². The number of ether oxygens (including phenoxy) is 2. The van der Waals surface area contributed by atoms with Crippen molar-refractivity contribution in [3.63, 3.8) is 0 Å². The Kier molecular flexibility index (Phi) is 7.65. The van der Waals surface area contributed by atoms with E-state index in [0.717, 1.165) is 36.7 Å². The molecule has 0 radical (unpaired) electrons. The number of imide groups is 1. The lowest BCUT2D eigenvalue weighted by molar-refractivity contribution is -0.136. The number of methoxy groups -OCH3 is 1. The third kappa shape index (κ3) is 5.15. The van der Waals surface area contributed by atoms with E-state index in [0.29, 0.717) is 32.4 Å². The largest absolute Gasteiger partial charge is 0.497 e. The van der Waals surface area contributed by atoms with Crippen molar-refractivity contribution < 1.29 is 19.1 Å². The maximum absolute atomic E-state index is 13.6. The van der Waals surface area contributed by atoms with Crippen LogP contribution in [-0.4, -0.2) is 71.6 Å². The lowest BCUT2D eigenvalue weighted by Crippen LogP contribution is -2.56. The molecule has 2 saturated heterocycles. The van der Waals surface area contributed by atoms with Crippen molar-refractivity contribution in [2.75, 3.05) is 33.4 Å². The van der Waals surface area contributed by atoms with Gasteiger partial charge in [-0.05, 0) is 75.4 Å². The zero-order valence-electron chi connectivity index (χ0n) is 21.3. The van der Waals surface area contributed by atoms with Crippen LogP contribution in [0, 0.1) is 0 Å². The highest BCUT2D eigenvalue weighted by molar-refractivity contribution is 6.07. The molecule has 2 aliphatic rings. The smallest absolute Gasteiger partial charge is 0.327 e. The number of urea groups is 1. The summed E-state index contributed by atoms with van der Waals surface area (Å²) in [5.41, 5.74) is 1.60. The van der Waals surface area contributed by atoms with Crippen molar-refractivity contribution >= 4 is 11.9 Å². The van der Waals surface area contributed by atoms with Crippen LogP contribution in [0.4, 0.5) is 4.79 Å². The van der Waals surface area contributed by atoms with Gasteiger partial charge in [-0.3, -0.25) is 14.6 Å². The van der Waals surface area contributed by atoms with E-state index < -0.39 is 5.54 Å². The summed E-state index contributed by atoms with van der Waals surface area (Å²) in [4.78, 5) is 32.7. The molecule has 0 saturated carbocycles. The fourth-order valence-electron chi connectivity index (χ4n) is 5.22. The van der Waals surface area contributed by atoms with Crippen molar-refractivity contribution in [3.05, 3.63) is 59.7 Å². The van der Waals surface area contributed by atoms with Crippen LogP contribution < -0.4 is 9.47 Å². The quantitative estimate of drug-likeness (QED) is 0.501. The summed E-state index contributed by atoms with van der Waals surface area (Å²) in [5, 5.41) is 0. The summed E-state index contributed by atoms with van der Waals surface area (Å²) >= 11 is 0. The predicted molar refractivity (Wildman–Crippen MR) is 136 cm³/mol. The number of rotatable bonds is 9. The van der Waals surface area contributed by atoms with E-state index in [9.17, 15) is 9.59 Å². The Hall–Kier alpha value is -3.06. The summed E-state index contributed by atoms with van der Waals surface area (Å²) in [6.07, 6.45) is 2.01. The van der Waals surface area contributed by atoms with Gasteiger partial charge >= 0.3 is 6.03 Å². The van der Waals surface area contributed by atoms with Gasteiger partial charge in [-0.25, -0.2) is 4.79 Å². The minimum absolute atomic E-state index is 0.0343. The van der Waals surface area contributed by atoms with Crippen molar-refractivity contribution in [2.24, 2.45) is 0 Å². The molecule has 0 N–H and O–H groups in total. The van der Waals surface area contributed by atoms with Crippen molar-refractivity contribution in [1.82, 2.24) is 14.7 Å². The molecule has 2 aromatic carbocycles. The van der Waals surface area contributed by atoms with E-state index in [1.807, 2.05) is 62.1 Å². The van der Waals surface area contributed by atoms with E-state index in [1.165, 1.54) is 10.5 Å². The topological polar surface area (TPSA) is 62.3 Å². The number of hydrogen-bond donors (Lipinski definition) is 0. The molecule has 0 unspecified atom stereocenters. The Morgan fingerprint density at radius 3 is 2.09 bits per heavy atom. The Morgan fingerprint density at radius 2 is 1.51 bits per heavy atom. The van der Waals surface area contributed by atoms with Crippen LogP contribution in [0.15, 0.2) is 48.5 Å². The zero-order valence-corrected chi connectivity index (χ0v) is 21.3. The molecule has 0 aromatic heterocycles. The minimum Gasteiger partial charge on any atom is -0.497 e. The van der Waals surface area contributed by atoms with Gasteiger partial charge in [-0.1, -0.05) is 24.3 Å². The second kappa shape index (κ2) is 10.7. The number of benzene rings is 2. The van der Waals surface area contributed by atoms with Gasteiger partial charge in [-0.15, -0.1) is 0 Å². The molecule has 2 heterocycles. The van der Waals surface area contributed by atoms with Crippen LogP contribution >= 0.6 is 0 Å². The molecule has 7 nitrogen and oxygen atoms in total. The van der Waals surface area contributed by atoms with Gasteiger partial charge in [0.2, 0.25) is 0 Å². The number of piperidine rings is 1. The third-order valence-corrected chi connectivity index (χ3v) is 7.19. The van der Waals surface area contributed by atoms with Gasteiger partial charge in [0, 0.05) is 32.2 Å². The van der Waals surface area contributed by atoms with Gasteiger partial charge in [0.1, 0.15) is 17.0 Å². The number of carbonyl (C=O) groups excluding carboxylic acids is 2. The molecule has 2 aliphatic heterocycles. The molecule has 0 atom stereocenters. The van der Waals surface area contributed by atoms with Crippen LogP contribution in [0.2, 0.25) is 0 Å². The van der Waals surface area contributed by atoms with Gasteiger partial charge in [-0.2, -0.15) is 0 Å². The molecular formula is C28H37N3O4. The van der Waals surface area contributed by atoms with E-state index in [-0.39, 0.29) is 18.0 Å². The molecule has 2 aromatic rings. The molecule has 0 bridgehead atoms. The molecule has 1 spiro atoms. The van der Waals surface area contributed by atoms with Crippen LogP contribution in [0.1, 0.15) is 44.7 Å². The lowest BCUT2D eigenvalue weighted by Gasteiger charge is -2.42. The first-order valence-electron chi connectivity index (χ1n) is 12.6. The average molecular weight is 480 g/mol. The number of likely N-dealkylation sites (tertiary alicyclic amines) is 1. The fraction of sp³-hybridized carbons (Fsp3) is 0.500. The first kappa shape index (κ1) is 25.0. The molecule has 0 aliphatic carbocycles. The van der Waals surface area contributed by atoms with Crippen molar-refractivity contribution in [1.29, 1.82) is 0 Å². The maximum atomic E-state index is 13.6. The highest BCUT2D eigenvalue weighted by Crippen LogP contribution is 2.38. The summed E-state index contributed by atoms with van der Waals surface area (Å²) < 4.78 is 10.8. The van der Waals surface area contributed by atoms with Crippen LogP contribution in [0.25, 0.3) is 0 Å². The molecule has 3 amide bonds. The normalized spacial score (nSPS) is 18.1. The fourth-order valence-corrected chi connectivity index (χ4v) is 5.22. The van der Waals surface area contributed by atoms with Crippen LogP contribution in [0.5, 0.6) is 11.5 Å². The molecule has 7 heteroatoms. The second-order valence-corrected chi connectivity index (χ2v) is 9.69. The Balaban J connectivity index is 1.45. The number of carbonyl (C=O) groups is 2. The number of amides is 3. The van der Waals surface area contributed by atoms with E-state index >= 15 is 0 Å². The molecule has 188 valence electrons. The van der Waals surface area contributed by atoms with Crippen LogP contribution in [-0.2, 0) is 17.8 Å². The first-order chi connectivity index (χ1) is 16.9. The van der Waals surface area contributed by atoms with Crippen molar-refractivity contribution in [2.45, 2.75) is 58.2 Å². The van der Waals surface area contributed by atoms with Gasteiger partial charge in [0.15, 0.2) is 0 Å². The average Bonchev–Trinajstić information content (AvgIpc) is 3.06. The Morgan fingerprint density at radius 1 is 0.914 bits per heavy atom. The van der Waals surface area contributed by atoms with E-state index in [2.05, 4.69) is 17.0 Å². The molecule has 4 rings (SSSR count). The highest BCUT2D eigenvalue weighted by Gasteiger charge is 2.58. The highest BCUT2D eigenvalue weighted by atomic mass is 16.5. The maximum Gasteiger partial charge on any atom is 0.327 e. The summed E-state index contributed by atoms with van der Waals surface area (Å²) in [6, 6.07) is 15.8. The van der Waals surface area contributed by atoms with Crippen molar-refractivity contribution in [3.8, 4) is 11.5 Å². The summed E-state index contributed by atoms with van der Waals surface area (Å²) in [5.74, 6) is 1.65. The number of nitrogens with zero attached hydrogens (tertiary/aromatic N) is 3. The first-order valence-corrected chi connectivity index (χ1v) is 12.6. The SMILES string of the molecule is CCOc1ccc(CN2CCC3(CC2)C(=O)N(C(C)C)C(=O)N3CCc2ccc(OC)cc2)cc1. The van der Waals surface area contributed by atoms with E-state index in [4.69, 9.17) is 9.47 Å². The van der Waals surface area contributed by atoms with E-state index in [1.54, 1.807) is 7.11 Å². The molecular weight excluding hydrogens is 442 g/mol. The number of hydrogen-bond acceptors (Lipinski definition) is 5. The van der Waals surface area contributed by atoms with Crippen LogP contribution in [0.3, 0.4) is 0 Å². The standard InChI is InChI=1S/C28H37N3O4/c1-5-35-25-12-8-23(9-13-25)20-29-18-15-28(16-19-29)26(32)31(21(2)3)27(33)30(28)17-14-22-6-10-24(34-4)11-7-22/h6-13,21H,5,14-20H2,1-4H3. The third-order valence-electron chi connectivity index (χ3n) is 7.19. The summed E-state index contributed by atoms with van der Waals surface area (Å²) in [6.45, 7) is 9.36. The van der Waals surface area contributed by atoms with Gasteiger partial charge in [0.05, 0.1) is 13.7 Å². The molecule has 35 heavy (non-hydrogen) atoms. The zero-order chi connectivity index (χ0) is 25.0.